The third-order valence-electron chi connectivity index (χ3n) is 3.94. The third kappa shape index (κ3) is 2.37. The topological polar surface area (TPSA) is 109 Å². The Labute approximate surface area is 149 Å². The molecule has 124 valence electrons. The van der Waals surface area contributed by atoms with Crippen molar-refractivity contribution in [3.63, 3.8) is 0 Å². The molecule has 0 N–H and O–H groups in total. The summed E-state index contributed by atoms with van der Waals surface area (Å²) in [6, 6.07) is 6.77. The molecule has 1 atom stereocenters. The Kier molecular flexibility index (Phi) is 4.07. The van der Waals surface area contributed by atoms with Crippen molar-refractivity contribution < 1.29 is 19.1 Å². The minimum atomic E-state index is -1.61. The molecule has 0 radical (unpaired) electrons. The first-order chi connectivity index (χ1) is 11.4. The number of methoxy groups -OCH3 is 1. The monoisotopic (exact) mass is 442 g/mol. The summed E-state index contributed by atoms with van der Waals surface area (Å²) in [5.74, 6) is -1.90. The maximum absolute atomic E-state index is 12.9. The van der Waals surface area contributed by atoms with Crippen LogP contribution in [0.15, 0.2) is 34.7 Å². The summed E-state index contributed by atoms with van der Waals surface area (Å²) in [6.45, 7) is 0. The average Bonchev–Trinajstić information content (AvgIpc) is 3.06. The minimum Gasteiger partial charge on any atom is -0.464 e. The first kappa shape index (κ1) is 16.5. The second-order valence-electron chi connectivity index (χ2n) is 5.31. The Bertz CT molecular complexity index is 778. The van der Waals surface area contributed by atoms with Gasteiger partial charge in [-0.25, -0.2) is 9.69 Å². The molecule has 1 saturated heterocycles. The highest BCUT2D eigenvalue weighted by atomic mass is 127. The van der Waals surface area contributed by atoms with Gasteiger partial charge >= 0.3 is 5.97 Å². The molecule has 1 unspecified atom stereocenters. The quantitative estimate of drug-likeness (QED) is 0.302. The average molecular weight is 442 g/mol. The van der Waals surface area contributed by atoms with Crippen LogP contribution in [0.1, 0.15) is 12.8 Å². The predicted molar refractivity (Wildman–Crippen MR) is 90.7 cm³/mol. The van der Waals surface area contributed by atoms with E-state index in [9.17, 15) is 19.3 Å². The highest BCUT2D eigenvalue weighted by Gasteiger charge is 2.61. The summed E-state index contributed by atoms with van der Waals surface area (Å²) in [6.07, 6.45) is -0.510. The molecular formula is C14H11IN4O5. The Hall–Kier alpha value is -2.37. The van der Waals surface area contributed by atoms with Crippen molar-refractivity contribution in [2.24, 2.45) is 10.4 Å². The van der Waals surface area contributed by atoms with E-state index in [2.05, 4.69) is 37.7 Å². The Balaban J connectivity index is 1.97. The van der Waals surface area contributed by atoms with Crippen LogP contribution >= 0.6 is 22.6 Å². The van der Waals surface area contributed by atoms with Gasteiger partial charge in [0.2, 0.25) is 5.91 Å². The van der Waals surface area contributed by atoms with Crippen LogP contribution in [-0.2, 0) is 19.1 Å². The van der Waals surface area contributed by atoms with Gasteiger partial charge in [-0.1, -0.05) is 0 Å². The van der Waals surface area contributed by atoms with Crippen molar-refractivity contribution in [2.75, 3.05) is 12.0 Å². The zero-order chi connectivity index (χ0) is 17.5. The second kappa shape index (κ2) is 5.92. The first-order valence-corrected chi connectivity index (χ1v) is 7.93. The number of imide groups is 1. The van der Waals surface area contributed by atoms with Crippen molar-refractivity contribution in [1.29, 1.82) is 0 Å². The van der Waals surface area contributed by atoms with Gasteiger partial charge in [0.15, 0.2) is 11.3 Å². The van der Waals surface area contributed by atoms with Crippen LogP contribution in [0.4, 0.5) is 5.69 Å². The number of esters is 1. The standard InChI is InChI=1S/C14H11IN4O5/c1-24-12(21)10-6-14(19(16-10)17-23)7-11(20)18(13(14)22)9-4-2-8(15)3-5-9/h2-5H,6-7H2,1H3. The van der Waals surface area contributed by atoms with Gasteiger partial charge in [-0.2, -0.15) is 0 Å². The number of carbonyl (C=O) groups is 3. The van der Waals surface area contributed by atoms with Gasteiger partial charge in [0.1, 0.15) is 0 Å². The zero-order valence-electron chi connectivity index (χ0n) is 12.4. The van der Waals surface area contributed by atoms with E-state index in [0.29, 0.717) is 10.8 Å². The molecule has 1 aromatic rings. The van der Waals surface area contributed by atoms with Crippen molar-refractivity contribution in [3.05, 3.63) is 32.7 Å². The molecule has 1 fully saturated rings. The van der Waals surface area contributed by atoms with Crippen LogP contribution < -0.4 is 4.90 Å². The molecule has 0 saturated carbocycles. The molecule has 3 rings (SSSR count). The van der Waals surface area contributed by atoms with E-state index in [0.717, 1.165) is 15.6 Å². The smallest absolute Gasteiger partial charge is 0.354 e. The van der Waals surface area contributed by atoms with E-state index in [1.54, 1.807) is 24.3 Å². The van der Waals surface area contributed by atoms with Gasteiger partial charge < -0.3 is 4.74 Å². The molecule has 24 heavy (non-hydrogen) atoms. The molecular weight excluding hydrogens is 431 g/mol. The molecule has 2 aliphatic rings. The Morgan fingerprint density at radius 2 is 1.96 bits per heavy atom. The molecule has 1 aromatic carbocycles. The molecule has 2 aliphatic heterocycles. The van der Waals surface area contributed by atoms with Crippen LogP contribution in [0.25, 0.3) is 0 Å². The third-order valence-corrected chi connectivity index (χ3v) is 4.65. The van der Waals surface area contributed by atoms with Crippen LogP contribution in [0.5, 0.6) is 0 Å². The molecule has 1 spiro atoms. The van der Waals surface area contributed by atoms with Crippen molar-refractivity contribution in [3.8, 4) is 0 Å². The summed E-state index contributed by atoms with van der Waals surface area (Å²) in [5, 5.41) is 7.04. The van der Waals surface area contributed by atoms with E-state index in [-0.39, 0.29) is 18.6 Å². The largest absolute Gasteiger partial charge is 0.464 e. The number of hydrogen-bond acceptors (Lipinski definition) is 7. The lowest BCUT2D eigenvalue weighted by molar-refractivity contribution is -0.132. The fraction of sp³-hybridized carbons (Fsp3) is 0.286. The number of nitrogens with zero attached hydrogens (tertiary/aromatic N) is 4. The molecule has 0 bridgehead atoms. The van der Waals surface area contributed by atoms with Crippen molar-refractivity contribution in [2.45, 2.75) is 18.4 Å². The SMILES string of the molecule is COC(=O)C1=NN(N=O)C2(CC(=O)N(c3ccc(I)cc3)C2=O)C1. The highest BCUT2D eigenvalue weighted by Crippen LogP contribution is 2.40. The summed E-state index contributed by atoms with van der Waals surface area (Å²) in [5.41, 5.74) is -1.34. The van der Waals surface area contributed by atoms with E-state index in [4.69, 9.17) is 0 Å². The van der Waals surface area contributed by atoms with Crippen LogP contribution in [0, 0.1) is 8.48 Å². The summed E-state index contributed by atoms with van der Waals surface area (Å²) < 4.78 is 5.51. The summed E-state index contributed by atoms with van der Waals surface area (Å²) in [7, 11) is 1.16. The lowest BCUT2D eigenvalue weighted by atomic mass is 9.92. The maximum Gasteiger partial charge on any atom is 0.354 e. The van der Waals surface area contributed by atoms with Gasteiger partial charge in [0.05, 0.1) is 24.5 Å². The van der Waals surface area contributed by atoms with Gasteiger partial charge in [-0.05, 0) is 46.9 Å². The molecule has 0 aliphatic carbocycles. The van der Waals surface area contributed by atoms with Crippen LogP contribution in [-0.4, -0.2) is 41.3 Å². The maximum atomic E-state index is 12.9. The molecule has 9 nitrogen and oxygen atoms in total. The number of carbonyl (C=O) groups excluding carboxylic acids is 3. The van der Waals surface area contributed by atoms with Crippen LogP contribution in [0.2, 0.25) is 0 Å². The number of rotatable bonds is 3. The predicted octanol–water partition coefficient (Wildman–Crippen LogP) is 1.21. The van der Waals surface area contributed by atoms with Gasteiger partial charge in [0.25, 0.3) is 5.91 Å². The lowest BCUT2D eigenvalue weighted by Gasteiger charge is -2.24. The first-order valence-electron chi connectivity index (χ1n) is 6.85. The van der Waals surface area contributed by atoms with E-state index in [1.165, 1.54) is 0 Å². The number of amides is 2. The zero-order valence-corrected chi connectivity index (χ0v) is 14.6. The molecule has 2 heterocycles. The number of halogens is 1. The van der Waals surface area contributed by atoms with Gasteiger partial charge in [-0.3, -0.25) is 9.59 Å². The Morgan fingerprint density at radius 1 is 1.29 bits per heavy atom. The van der Waals surface area contributed by atoms with Crippen molar-refractivity contribution in [1.82, 2.24) is 5.12 Å². The molecule has 2 amide bonds. The minimum absolute atomic E-state index is 0.122. The summed E-state index contributed by atoms with van der Waals surface area (Å²) in [4.78, 5) is 49.0. The molecule has 10 heteroatoms. The van der Waals surface area contributed by atoms with Gasteiger partial charge in [-0.15, -0.1) is 15.1 Å². The van der Waals surface area contributed by atoms with Crippen LogP contribution in [0.3, 0.4) is 0 Å². The number of hydrogen-bond donors (Lipinski definition) is 0. The fourth-order valence-corrected chi connectivity index (χ4v) is 3.15. The van der Waals surface area contributed by atoms with Crippen molar-refractivity contribution >= 4 is 51.8 Å². The number of benzene rings is 1. The fourth-order valence-electron chi connectivity index (χ4n) is 2.79. The van der Waals surface area contributed by atoms with E-state index >= 15 is 0 Å². The normalized spacial score (nSPS) is 23.0. The number of ether oxygens (including phenoxy) is 1. The van der Waals surface area contributed by atoms with Gasteiger partial charge in [0, 0.05) is 9.99 Å². The number of nitroso groups, excluding NO2 is 1. The van der Waals surface area contributed by atoms with E-state index < -0.39 is 23.3 Å². The number of anilines is 1. The molecule has 0 aromatic heterocycles. The highest BCUT2D eigenvalue weighted by molar-refractivity contribution is 14.1. The lowest BCUT2D eigenvalue weighted by Crippen LogP contribution is -2.48. The summed E-state index contributed by atoms with van der Waals surface area (Å²) >= 11 is 2.10. The number of hydrazone groups is 1. The second-order valence-corrected chi connectivity index (χ2v) is 6.55. The Morgan fingerprint density at radius 3 is 2.54 bits per heavy atom. The van der Waals surface area contributed by atoms with E-state index in [1.807, 2.05) is 0 Å².